The van der Waals surface area contributed by atoms with Crippen molar-refractivity contribution in [3.63, 3.8) is 0 Å². The first kappa shape index (κ1) is 8.51. The zero-order valence-electron chi connectivity index (χ0n) is 7.79. The van der Waals surface area contributed by atoms with Gasteiger partial charge in [-0.25, -0.2) is 0 Å². The molecule has 0 aromatic carbocycles. The molecule has 0 bridgehead atoms. The van der Waals surface area contributed by atoms with Gasteiger partial charge in [-0.05, 0) is 25.0 Å². The van der Waals surface area contributed by atoms with Gasteiger partial charge in [-0.1, -0.05) is 0 Å². The van der Waals surface area contributed by atoms with E-state index >= 15 is 0 Å². The SMILES string of the molecule is COc1ccc(CNC2CC2)nc1. The van der Waals surface area contributed by atoms with Crippen LogP contribution in [-0.4, -0.2) is 18.1 Å². The number of nitrogens with one attached hydrogen (secondary N) is 1. The minimum atomic E-state index is 0.740. The van der Waals surface area contributed by atoms with Gasteiger partial charge in [-0.3, -0.25) is 4.98 Å². The number of methoxy groups -OCH3 is 1. The number of hydrogen-bond acceptors (Lipinski definition) is 3. The molecule has 1 aliphatic carbocycles. The summed E-state index contributed by atoms with van der Waals surface area (Å²) in [6, 6.07) is 4.68. The van der Waals surface area contributed by atoms with E-state index in [1.54, 1.807) is 13.3 Å². The standard InChI is InChI=1S/C10H14N2O/c1-13-10-5-4-9(12-7-10)6-11-8-2-3-8/h4-5,7-8,11H,2-3,6H2,1H3. The Hall–Kier alpha value is -1.09. The molecule has 70 valence electrons. The molecule has 1 saturated carbocycles. The van der Waals surface area contributed by atoms with Gasteiger partial charge < -0.3 is 10.1 Å². The van der Waals surface area contributed by atoms with E-state index in [9.17, 15) is 0 Å². The summed E-state index contributed by atoms with van der Waals surface area (Å²) in [5.41, 5.74) is 1.08. The quantitative estimate of drug-likeness (QED) is 0.755. The Bertz CT molecular complexity index is 267. The third-order valence-corrected chi connectivity index (χ3v) is 2.18. The maximum atomic E-state index is 5.02. The van der Waals surface area contributed by atoms with Crippen molar-refractivity contribution in [2.24, 2.45) is 0 Å². The Kier molecular flexibility index (Phi) is 2.45. The molecule has 0 saturated heterocycles. The van der Waals surface area contributed by atoms with Crippen LogP contribution in [-0.2, 0) is 6.54 Å². The monoisotopic (exact) mass is 178 g/mol. The molecule has 0 atom stereocenters. The Labute approximate surface area is 78.1 Å². The van der Waals surface area contributed by atoms with E-state index in [-0.39, 0.29) is 0 Å². The van der Waals surface area contributed by atoms with E-state index in [0.29, 0.717) is 0 Å². The van der Waals surface area contributed by atoms with Crippen LogP contribution in [0.1, 0.15) is 18.5 Å². The first-order valence-electron chi connectivity index (χ1n) is 4.61. The lowest BCUT2D eigenvalue weighted by molar-refractivity contribution is 0.412. The number of ether oxygens (including phenoxy) is 1. The predicted molar refractivity (Wildman–Crippen MR) is 50.7 cm³/mol. The smallest absolute Gasteiger partial charge is 0.137 e. The lowest BCUT2D eigenvalue weighted by Gasteiger charge is -2.03. The second-order valence-electron chi connectivity index (χ2n) is 3.34. The summed E-state index contributed by atoms with van der Waals surface area (Å²) in [7, 11) is 1.65. The summed E-state index contributed by atoms with van der Waals surface area (Å²) >= 11 is 0. The number of hydrogen-bond donors (Lipinski definition) is 1. The van der Waals surface area contributed by atoms with Crippen LogP contribution in [0, 0.1) is 0 Å². The minimum absolute atomic E-state index is 0.740. The maximum Gasteiger partial charge on any atom is 0.137 e. The van der Waals surface area contributed by atoms with Crippen molar-refractivity contribution in [3.8, 4) is 5.75 Å². The van der Waals surface area contributed by atoms with Gasteiger partial charge in [0.1, 0.15) is 5.75 Å². The topological polar surface area (TPSA) is 34.1 Å². The normalized spacial score (nSPS) is 15.8. The fraction of sp³-hybridized carbons (Fsp3) is 0.500. The Morgan fingerprint density at radius 2 is 2.38 bits per heavy atom. The van der Waals surface area contributed by atoms with Crippen LogP contribution in [0.5, 0.6) is 5.75 Å². The summed E-state index contributed by atoms with van der Waals surface area (Å²) in [6.45, 7) is 0.870. The molecule has 3 nitrogen and oxygen atoms in total. The summed E-state index contributed by atoms with van der Waals surface area (Å²) in [5, 5.41) is 3.41. The molecule has 13 heavy (non-hydrogen) atoms. The summed E-state index contributed by atoms with van der Waals surface area (Å²) in [4.78, 5) is 4.26. The highest BCUT2D eigenvalue weighted by Crippen LogP contribution is 2.19. The molecule has 3 heteroatoms. The van der Waals surface area contributed by atoms with Crippen LogP contribution in [0.25, 0.3) is 0 Å². The summed E-state index contributed by atoms with van der Waals surface area (Å²) < 4.78 is 5.02. The average Bonchev–Trinajstić information content (AvgIpc) is 2.99. The molecule has 1 aromatic heterocycles. The van der Waals surface area contributed by atoms with Crippen LogP contribution < -0.4 is 10.1 Å². The highest BCUT2D eigenvalue weighted by molar-refractivity contribution is 5.19. The lowest BCUT2D eigenvalue weighted by atomic mass is 10.3. The average molecular weight is 178 g/mol. The van der Waals surface area contributed by atoms with Gasteiger partial charge >= 0.3 is 0 Å². The van der Waals surface area contributed by atoms with Gasteiger partial charge in [0.25, 0.3) is 0 Å². The second kappa shape index (κ2) is 3.75. The van der Waals surface area contributed by atoms with E-state index in [0.717, 1.165) is 24.0 Å². The summed E-state index contributed by atoms with van der Waals surface area (Å²) in [5.74, 6) is 0.815. The van der Waals surface area contributed by atoms with E-state index in [2.05, 4.69) is 10.3 Å². The molecule has 0 unspecified atom stereocenters. The highest BCUT2D eigenvalue weighted by atomic mass is 16.5. The molecule has 1 aliphatic rings. The molecule has 1 N–H and O–H groups in total. The predicted octanol–water partition coefficient (Wildman–Crippen LogP) is 1.34. The summed E-state index contributed by atoms with van der Waals surface area (Å²) in [6.07, 6.45) is 4.39. The number of pyridine rings is 1. The maximum absolute atomic E-state index is 5.02. The van der Waals surface area contributed by atoms with E-state index in [4.69, 9.17) is 4.74 Å². The lowest BCUT2D eigenvalue weighted by Crippen LogP contribution is -2.15. The molecular formula is C10H14N2O. The largest absolute Gasteiger partial charge is 0.495 e. The van der Waals surface area contributed by atoms with Gasteiger partial charge in [0, 0.05) is 12.6 Å². The number of aromatic nitrogens is 1. The van der Waals surface area contributed by atoms with Gasteiger partial charge in [-0.2, -0.15) is 0 Å². The zero-order chi connectivity index (χ0) is 9.10. The van der Waals surface area contributed by atoms with Crippen LogP contribution >= 0.6 is 0 Å². The number of rotatable bonds is 4. The van der Waals surface area contributed by atoms with Gasteiger partial charge in [0.05, 0.1) is 19.0 Å². The van der Waals surface area contributed by atoms with E-state index in [1.165, 1.54) is 12.8 Å². The van der Waals surface area contributed by atoms with E-state index < -0.39 is 0 Å². The van der Waals surface area contributed by atoms with Crippen LogP contribution in [0.2, 0.25) is 0 Å². The van der Waals surface area contributed by atoms with Crippen molar-refractivity contribution in [3.05, 3.63) is 24.0 Å². The van der Waals surface area contributed by atoms with Crippen molar-refractivity contribution in [2.75, 3.05) is 7.11 Å². The molecule has 2 rings (SSSR count). The van der Waals surface area contributed by atoms with Crippen LogP contribution in [0.4, 0.5) is 0 Å². The van der Waals surface area contributed by atoms with Gasteiger partial charge in [0.15, 0.2) is 0 Å². The molecular weight excluding hydrogens is 164 g/mol. The highest BCUT2D eigenvalue weighted by Gasteiger charge is 2.19. The third-order valence-electron chi connectivity index (χ3n) is 2.18. The third kappa shape index (κ3) is 2.42. The van der Waals surface area contributed by atoms with Crippen molar-refractivity contribution < 1.29 is 4.74 Å². The van der Waals surface area contributed by atoms with Crippen molar-refractivity contribution in [1.82, 2.24) is 10.3 Å². The molecule has 1 heterocycles. The molecule has 0 amide bonds. The molecule has 0 aliphatic heterocycles. The van der Waals surface area contributed by atoms with Crippen LogP contribution in [0.3, 0.4) is 0 Å². The van der Waals surface area contributed by atoms with Gasteiger partial charge in [-0.15, -0.1) is 0 Å². The van der Waals surface area contributed by atoms with Crippen LogP contribution in [0.15, 0.2) is 18.3 Å². The van der Waals surface area contributed by atoms with Gasteiger partial charge in [0.2, 0.25) is 0 Å². The minimum Gasteiger partial charge on any atom is -0.495 e. The van der Waals surface area contributed by atoms with Crippen molar-refractivity contribution in [2.45, 2.75) is 25.4 Å². The van der Waals surface area contributed by atoms with Crippen molar-refractivity contribution >= 4 is 0 Å². The number of nitrogens with zero attached hydrogens (tertiary/aromatic N) is 1. The fourth-order valence-corrected chi connectivity index (χ4v) is 1.17. The second-order valence-corrected chi connectivity index (χ2v) is 3.34. The fourth-order valence-electron chi connectivity index (χ4n) is 1.17. The first-order chi connectivity index (χ1) is 6.38. The zero-order valence-corrected chi connectivity index (χ0v) is 7.79. The Morgan fingerprint density at radius 3 is 2.92 bits per heavy atom. The van der Waals surface area contributed by atoms with E-state index in [1.807, 2.05) is 12.1 Å². The molecule has 1 aromatic rings. The molecule has 1 fully saturated rings. The first-order valence-corrected chi connectivity index (χ1v) is 4.61. The van der Waals surface area contributed by atoms with Crippen molar-refractivity contribution in [1.29, 1.82) is 0 Å². The Balaban J connectivity index is 1.88. The molecule has 0 spiro atoms. The Morgan fingerprint density at radius 1 is 1.54 bits per heavy atom. The molecule has 0 radical (unpaired) electrons.